The van der Waals surface area contributed by atoms with Crippen LogP contribution in [0, 0.1) is 17.6 Å². The van der Waals surface area contributed by atoms with Crippen molar-refractivity contribution in [2.45, 2.75) is 30.1 Å². The van der Waals surface area contributed by atoms with Crippen LogP contribution in [0.5, 0.6) is 0 Å². The van der Waals surface area contributed by atoms with Gasteiger partial charge in [-0.1, -0.05) is 6.08 Å². The highest BCUT2D eigenvalue weighted by molar-refractivity contribution is 7.89. The minimum Gasteiger partial charge on any atom is -0.350 e. The van der Waals surface area contributed by atoms with Crippen LogP contribution in [-0.4, -0.2) is 39.6 Å². The second-order valence-corrected chi connectivity index (χ2v) is 10.2. The summed E-state index contributed by atoms with van der Waals surface area (Å²) in [6, 6.07) is 4.35. The average Bonchev–Trinajstić information content (AvgIpc) is 3.51. The van der Waals surface area contributed by atoms with E-state index in [-0.39, 0.29) is 40.6 Å². The minimum absolute atomic E-state index is 0.0337. The number of carbonyl (C=O) groups is 1. The maximum absolute atomic E-state index is 14.4. The van der Waals surface area contributed by atoms with Crippen LogP contribution in [0.15, 0.2) is 65.6 Å². The third-order valence-electron chi connectivity index (χ3n) is 5.92. The van der Waals surface area contributed by atoms with Gasteiger partial charge in [0, 0.05) is 41.7 Å². The fourth-order valence-electron chi connectivity index (χ4n) is 4.02. The number of aromatic nitrogens is 3. The van der Waals surface area contributed by atoms with Crippen LogP contribution in [0.4, 0.5) is 22.0 Å². The second-order valence-electron chi connectivity index (χ2n) is 8.38. The summed E-state index contributed by atoms with van der Waals surface area (Å²) in [5, 5.41) is 2.51. The van der Waals surface area contributed by atoms with Crippen molar-refractivity contribution in [3.05, 3.63) is 83.7 Å². The van der Waals surface area contributed by atoms with E-state index >= 15 is 0 Å². The number of hydrogen-bond donors (Lipinski definition) is 1. The van der Waals surface area contributed by atoms with Gasteiger partial charge in [-0.15, -0.1) is 0 Å². The lowest BCUT2D eigenvalue weighted by Gasteiger charge is -2.25. The number of fused-ring (bicyclic) bond motifs is 1. The van der Waals surface area contributed by atoms with Crippen molar-refractivity contribution in [3.63, 3.8) is 0 Å². The molecule has 5 rings (SSSR count). The Bertz CT molecular complexity index is 1510. The molecule has 2 aliphatic rings. The fraction of sp³-hybridized carbons (Fsp3) is 0.217. The summed E-state index contributed by atoms with van der Waals surface area (Å²) >= 11 is 0. The molecule has 1 aliphatic heterocycles. The van der Waals surface area contributed by atoms with E-state index in [1.807, 2.05) is 0 Å². The van der Waals surface area contributed by atoms with Gasteiger partial charge < -0.3 is 5.32 Å². The van der Waals surface area contributed by atoms with Gasteiger partial charge in [0.25, 0.3) is 10.0 Å². The summed E-state index contributed by atoms with van der Waals surface area (Å²) in [4.78, 5) is 23.1. The van der Waals surface area contributed by atoms with E-state index in [0.717, 1.165) is 47.2 Å². The number of sulfonamides is 1. The van der Waals surface area contributed by atoms with Crippen molar-refractivity contribution in [1.29, 1.82) is 0 Å². The molecule has 1 aromatic carbocycles. The number of halogens is 5. The third-order valence-corrected chi connectivity index (χ3v) is 7.77. The van der Waals surface area contributed by atoms with Crippen molar-refractivity contribution < 1.29 is 35.2 Å². The number of amides is 1. The molecule has 0 spiro atoms. The number of benzene rings is 1. The number of rotatable bonds is 6. The molecule has 1 fully saturated rings. The zero-order valence-electron chi connectivity index (χ0n) is 18.6. The lowest BCUT2D eigenvalue weighted by molar-refractivity contribution is -0.145. The first-order valence-electron chi connectivity index (χ1n) is 10.8. The summed E-state index contributed by atoms with van der Waals surface area (Å²) in [6.45, 7) is -0.341. The first-order valence-corrected chi connectivity index (χ1v) is 12.2. The molecule has 1 aliphatic carbocycles. The third kappa shape index (κ3) is 4.75. The minimum atomic E-state index is -4.72. The van der Waals surface area contributed by atoms with Crippen LogP contribution in [0.3, 0.4) is 0 Å². The normalized spacial score (nSPS) is 18.8. The Morgan fingerprint density at radius 3 is 2.38 bits per heavy atom. The zero-order chi connectivity index (χ0) is 26.5. The van der Waals surface area contributed by atoms with Gasteiger partial charge in [0.2, 0.25) is 11.7 Å². The molecule has 8 nitrogen and oxygen atoms in total. The van der Waals surface area contributed by atoms with E-state index in [2.05, 4.69) is 20.3 Å². The van der Waals surface area contributed by atoms with Gasteiger partial charge >= 0.3 is 6.18 Å². The summed E-state index contributed by atoms with van der Waals surface area (Å²) in [6.07, 6.45) is -0.181. The van der Waals surface area contributed by atoms with E-state index in [1.54, 1.807) is 6.08 Å². The molecule has 2 atom stereocenters. The van der Waals surface area contributed by atoms with Gasteiger partial charge in [-0.3, -0.25) is 14.1 Å². The van der Waals surface area contributed by atoms with Gasteiger partial charge in [-0.2, -0.15) is 13.2 Å². The molecular weight excluding hydrogens is 521 g/mol. The molecule has 0 unspecified atom stereocenters. The number of allylic oxidation sites excluding steroid dienone is 2. The number of hydrogen-bond acceptors (Lipinski definition) is 6. The van der Waals surface area contributed by atoms with Crippen molar-refractivity contribution >= 4 is 15.9 Å². The maximum atomic E-state index is 14.4. The Morgan fingerprint density at radius 2 is 1.73 bits per heavy atom. The van der Waals surface area contributed by atoms with Crippen LogP contribution in [-0.2, 0) is 27.5 Å². The molecule has 14 heteroatoms. The highest BCUT2D eigenvalue weighted by atomic mass is 32.2. The van der Waals surface area contributed by atoms with Crippen molar-refractivity contribution in [2.75, 3.05) is 0 Å². The number of alkyl halides is 3. The predicted octanol–water partition coefficient (Wildman–Crippen LogP) is 3.43. The molecule has 37 heavy (non-hydrogen) atoms. The summed E-state index contributed by atoms with van der Waals surface area (Å²) in [7, 11) is -4.15. The molecule has 1 amide bonds. The molecule has 1 saturated heterocycles. The molecule has 192 valence electrons. The lowest BCUT2D eigenvalue weighted by atomic mass is 10.1. The van der Waals surface area contributed by atoms with Gasteiger partial charge in [-0.05, 0) is 36.8 Å². The molecule has 0 bridgehead atoms. The van der Waals surface area contributed by atoms with E-state index in [9.17, 15) is 35.2 Å². The summed E-state index contributed by atoms with van der Waals surface area (Å²) < 4.78 is 93.0. The maximum Gasteiger partial charge on any atom is 0.451 e. The van der Waals surface area contributed by atoms with Gasteiger partial charge in [0.05, 0.1) is 16.8 Å². The second kappa shape index (κ2) is 8.87. The van der Waals surface area contributed by atoms with E-state index < -0.39 is 45.6 Å². The number of pyridine rings is 1. The first kappa shape index (κ1) is 24.7. The van der Waals surface area contributed by atoms with Crippen LogP contribution in [0.1, 0.15) is 17.8 Å². The zero-order valence-corrected chi connectivity index (χ0v) is 19.4. The average molecular weight is 537 g/mol. The van der Waals surface area contributed by atoms with E-state index in [1.165, 1.54) is 6.07 Å². The Balaban J connectivity index is 1.32. The van der Waals surface area contributed by atoms with Crippen molar-refractivity contribution in [3.8, 4) is 11.3 Å². The Hall–Kier alpha value is -3.94. The molecule has 0 saturated carbocycles. The largest absolute Gasteiger partial charge is 0.451 e. The molecule has 0 radical (unpaired) electrons. The number of nitrogens with zero attached hydrogens (tertiary/aromatic N) is 4. The standard InChI is InChI=1S/C23H16F5N5O3S/c24-15-1-3-16(4-2-15)37(35,36)33-19-6-12(19)7-20(33)21(34)30-8-13-5-18(29-11-17(13)25)14-9-31-22(32-10-14)23(26,27)28/h1-6,9-12,20H,7-8H2,(H,30,34)/t12-,20-/m0/s1. The van der Waals surface area contributed by atoms with Gasteiger partial charge in [0.1, 0.15) is 17.7 Å². The molecule has 3 aromatic rings. The monoisotopic (exact) mass is 537 g/mol. The number of carbonyl (C=O) groups excluding carboxylic acids is 1. The van der Waals surface area contributed by atoms with Crippen molar-refractivity contribution in [1.82, 2.24) is 24.6 Å². The van der Waals surface area contributed by atoms with Crippen LogP contribution < -0.4 is 5.32 Å². The summed E-state index contributed by atoms with van der Waals surface area (Å²) in [5.74, 6) is -3.59. The molecule has 3 heterocycles. The Morgan fingerprint density at radius 1 is 1.05 bits per heavy atom. The van der Waals surface area contributed by atoms with Crippen LogP contribution in [0.25, 0.3) is 11.3 Å². The van der Waals surface area contributed by atoms with Gasteiger partial charge in [-0.25, -0.2) is 27.2 Å². The fourth-order valence-corrected chi connectivity index (χ4v) is 5.72. The first-order chi connectivity index (χ1) is 17.4. The SMILES string of the molecule is O=C(NCc1cc(-c2cnc(C(F)(F)F)nc2)ncc1F)[C@@H]1C[C@@H]2C=C2N1S(=O)(=O)c1ccc(F)cc1. The van der Waals surface area contributed by atoms with Crippen LogP contribution >= 0.6 is 0 Å². The Kier molecular flexibility index (Phi) is 5.93. The van der Waals surface area contributed by atoms with Crippen LogP contribution in [0.2, 0.25) is 0 Å². The molecule has 2 aromatic heterocycles. The Labute approximate surface area is 206 Å². The van der Waals surface area contributed by atoms with E-state index in [0.29, 0.717) is 5.70 Å². The topological polar surface area (TPSA) is 105 Å². The molecule has 1 N–H and O–H groups in total. The highest BCUT2D eigenvalue weighted by Crippen LogP contribution is 2.48. The smallest absolute Gasteiger partial charge is 0.350 e. The quantitative estimate of drug-likeness (QED) is 0.484. The van der Waals surface area contributed by atoms with Gasteiger partial charge in [0.15, 0.2) is 0 Å². The number of nitrogens with one attached hydrogen (secondary N) is 1. The van der Waals surface area contributed by atoms with E-state index in [4.69, 9.17) is 0 Å². The lowest BCUT2D eigenvalue weighted by Crippen LogP contribution is -2.45. The van der Waals surface area contributed by atoms with Crippen molar-refractivity contribution in [2.24, 2.45) is 5.92 Å². The summed E-state index contributed by atoms with van der Waals surface area (Å²) in [5.41, 5.74) is 0.602. The highest BCUT2D eigenvalue weighted by Gasteiger charge is 2.51. The predicted molar refractivity (Wildman–Crippen MR) is 117 cm³/mol. The molecular formula is C23H16F5N5O3S.